The number of carbonyl (C=O) groups excluding carboxylic acids is 1. The summed E-state index contributed by atoms with van der Waals surface area (Å²) in [6.07, 6.45) is -11.9. The fourth-order valence-corrected chi connectivity index (χ4v) is 3.36. The number of alkyl halides is 13. The normalized spacial score (nSPS) is 14.8. The van der Waals surface area contributed by atoms with Crippen LogP contribution in [-0.4, -0.2) is 85.2 Å². The summed E-state index contributed by atoms with van der Waals surface area (Å²) < 4.78 is 204. The molecule has 0 aromatic heterocycles. The van der Waals surface area contributed by atoms with Crippen LogP contribution in [0.25, 0.3) is 0 Å². The summed E-state index contributed by atoms with van der Waals surface area (Å²) in [6, 6.07) is 0. The standard InChI is InChI=1S/C13H14F13NO5S2/c1-2-32-7(28)27(5-6-33-34(29,30)31)4-3-8(14,15)9(16,17)10(18,19)11(20,21)12(22,23)13(24,25)26/h2-6H2,1H3,(H,29,30,31). The SMILES string of the molecule is CCOC(=O)N(CCSS(=O)(=O)O)CCC(F)(F)C(F)(F)C(F)(F)C(F)(F)C(F)(F)C(F)(F)F. The van der Waals surface area contributed by atoms with Gasteiger partial charge in [-0.1, -0.05) is 0 Å². The van der Waals surface area contributed by atoms with Gasteiger partial charge in [0.25, 0.3) is 0 Å². The van der Waals surface area contributed by atoms with Crippen LogP contribution in [0.1, 0.15) is 13.3 Å². The molecule has 0 aromatic rings. The van der Waals surface area contributed by atoms with Crippen LogP contribution in [0.3, 0.4) is 0 Å². The van der Waals surface area contributed by atoms with Crippen molar-refractivity contribution in [1.29, 1.82) is 0 Å². The minimum atomic E-state index is -8.04. The van der Waals surface area contributed by atoms with Crippen LogP contribution in [0.4, 0.5) is 61.9 Å². The van der Waals surface area contributed by atoms with E-state index >= 15 is 0 Å². The van der Waals surface area contributed by atoms with Crippen LogP contribution in [0.15, 0.2) is 0 Å². The minimum Gasteiger partial charge on any atom is -0.450 e. The maximum Gasteiger partial charge on any atom is 0.460 e. The molecule has 0 aliphatic carbocycles. The van der Waals surface area contributed by atoms with E-state index in [2.05, 4.69) is 4.74 Å². The lowest BCUT2D eigenvalue weighted by atomic mass is 9.92. The molecule has 0 aliphatic rings. The van der Waals surface area contributed by atoms with Gasteiger partial charge in [0.2, 0.25) is 0 Å². The highest BCUT2D eigenvalue weighted by atomic mass is 33.1. The quantitative estimate of drug-likeness (QED) is 0.198. The Balaban J connectivity index is 5.93. The first-order chi connectivity index (χ1) is 14.8. The Morgan fingerprint density at radius 1 is 0.824 bits per heavy atom. The molecule has 0 radical (unpaired) electrons. The number of ether oxygens (including phenoxy) is 1. The molecular formula is C13H14F13NO5S2. The topological polar surface area (TPSA) is 83.9 Å². The van der Waals surface area contributed by atoms with Gasteiger partial charge in [-0.3, -0.25) is 4.55 Å². The molecule has 0 fully saturated rings. The summed E-state index contributed by atoms with van der Waals surface area (Å²) in [4.78, 5) is 11.6. The molecule has 0 unspecified atom stereocenters. The first-order valence-corrected chi connectivity index (χ1v) is 11.2. The number of hydrogen-bond donors (Lipinski definition) is 1. The molecule has 0 heterocycles. The Morgan fingerprint density at radius 2 is 1.26 bits per heavy atom. The third kappa shape index (κ3) is 6.64. The highest BCUT2D eigenvalue weighted by Gasteiger charge is 2.90. The predicted octanol–water partition coefficient (Wildman–Crippen LogP) is 5.11. The number of halogens is 13. The van der Waals surface area contributed by atoms with Gasteiger partial charge in [0.1, 0.15) is 0 Å². The third-order valence-electron chi connectivity index (χ3n) is 3.81. The van der Waals surface area contributed by atoms with Gasteiger partial charge in [-0.05, 0) is 17.7 Å². The number of rotatable bonds is 12. The lowest BCUT2D eigenvalue weighted by Crippen LogP contribution is -2.70. The Bertz CT molecular complexity index is 816. The van der Waals surface area contributed by atoms with E-state index in [0.29, 0.717) is 0 Å². The first kappa shape index (κ1) is 32.6. The highest BCUT2D eigenvalue weighted by molar-refractivity contribution is 8.69. The molecule has 0 bridgehead atoms. The van der Waals surface area contributed by atoms with Crippen LogP contribution in [0.5, 0.6) is 0 Å². The second kappa shape index (κ2) is 10.3. The molecular weight excluding hydrogens is 561 g/mol. The molecule has 204 valence electrons. The maximum atomic E-state index is 13.8. The van der Waals surface area contributed by atoms with Crippen molar-refractivity contribution in [3.63, 3.8) is 0 Å². The van der Waals surface area contributed by atoms with Crippen molar-refractivity contribution in [2.45, 2.75) is 49.1 Å². The molecule has 0 aliphatic heterocycles. The second-order valence-corrected chi connectivity index (χ2v) is 9.66. The van der Waals surface area contributed by atoms with Gasteiger partial charge in [0.05, 0.1) is 6.61 Å². The maximum absolute atomic E-state index is 13.8. The third-order valence-corrected chi connectivity index (χ3v) is 5.85. The van der Waals surface area contributed by atoms with E-state index < -0.39 is 82.9 Å². The van der Waals surface area contributed by atoms with E-state index in [1.807, 2.05) is 0 Å². The first-order valence-electron chi connectivity index (χ1n) is 8.29. The number of nitrogens with zero attached hydrogens (tertiary/aromatic N) is 1. The van der Waals surface area contributed by atoms with Gasteiger partial charge in [-0.2, -0.15) is 65.5 Å². The van der Waals surface area contributed by atoms with E-state index in [9.17, 15) is 70.3 Å². The Kier molecular flexibility index (Phi) is 9.89. The highest BCUT2D eigenvalue weighted by Crippen LogP contribution is 2.60. The van der Waals surface area contributed by atoms with Crippen LogP contribution < -0.4 is 0 Å². The summed E-state index contributed by atoms with van der Waals surface area (Å²) in [5, 5.41) is 0. The second-order valence-electron chi connectivity index (χ2n) is 6.19. The Morgan fingerprint density at radius 3 is 1.65 bits per heavy atom. The van der Waals surface area contributed by atoms with Gasteiger partial charge >= 0.3 is 51.0 Å². The Hall–Kier alpha value is -1.38. The average molecular weight is 575 g/mol. The van der Waals surface area contributed by atoms with Crippen molar-refractivity contribution in [3.05, 3.63) is 0 Å². The fraction of sp³-hybridized carbons (Fsp3) is 0.923. The molecule has 1 amide bonds. The number of carbonyl (C=O) groups is 1. The molecule has 0 atom stereocenters. The minimum absolute atomic E-state index is 0.0216. The smallest absolute Gasteiger partial charge is 0.450 e. The van der Waals surface area contributed by atoms with Crippen molar-refractivity contribution in [1.82, 2.24) is 4.90 Å². The molecule has 0 aromatic carbocycles. The summed E-state index contributed by atoms with van der Waals surface area (Å²) in [6.45, 7) is -2.13. The van der Waals surface area contributed by atoms with Crippen molar-refractivity contribution >= 4 is 26.0 Å². The lowest BCUT2D eigenvalue weighted by molar-refractivity contribution is -0.440. The van der Waals surface area contributed by atoms with Crippen molar-refractivity contribution in [3.8, 4) is 0 Å². The van der Waals surface area contributed by atoms with Crippen LogP contribution >= 0.6 is 10.8 Å². The molecule has 6 nitrogen and oxygen atoms in total. The molecule has 0 rings (SSSR count). The van der Waals surface area contributed by atoms with E-state index in [4.69, 9.17) is 4.55 Å². The molecule has 0 saturated carbocycles. The van der Waals surface area contributed by atoms with E-state index in [0.717, 1.165) is 6.92 Å². The van der Waals surface area contributed by atoms with Crippen LogP contribution in [-0.2, 0) is 13.9 Å². The van der Waals surface area contributed by atoms with E-state index in [1.54, 1.807) is 0 Å². The van der Waals surface area contributed by atoms with Gasteiger partial charge in [0, 0.05) is 25.3 Å². The molecule has 21 heteroatoms. The van der Waals surface area contributed by atoms with E-state index in [-0.39, 0.29) is 15.7 Å². The van der Waals surface area contributed by atoms with Crippen molar-refractivity contribution in [2.24, 2.45) is 0 Å². The fourth-order valence-electron chi connectivity index (χ4n) is 2.00. The molecule has 34 heavy (non-hydrogen) atoms. The zero-order valence-electron chi connectivity index (χ0n) is 16.3. The Labute approximate surface area is 185 Å². The van der Waals surface area contributed by atoms with Crippen LogP contribution in [0.2, 0.25) is 0 Å². The largest absolute Gasteiger partial charge is 0.460 e. The average Bonchev–Trinajstić information content (AvgIpc) is 2.62. The van der Waals surface area contributed by atoms with Crippen molar-refractivity contribution < 1.29 is 79.6 Å². The molecule has 0 spiro atoms. The molecule has 0 saturated heterocycles. The van der Waals surface area contributed by atoms with E-state index in [1.165, 1.54) is 0 Å². The summed E-state index contributed by atoms with van der Waals surface area (Å²) in [5.41, 5.74) is 0. The van der Waals surface area contributed by atoms with Crippen molar-refractivity contribution in [2.75, 3.05) is 25.4 Å². The summed E-state index contributed by atoms with van der Waals surface area (Å²) in [5.74, 6) is -38.6. The zero-order chi connectivity index (χ0) is 27.6. The van der Waals surface area contributed by atoms with Crippen LogP contribution in [0, 0.1) is 0 Å². The summed E-state index contributed by atoms with van der Waals surface area (Å²) >= 11 is 0. The lowest BCUT2D eigenvalue weighted by Gasteiger charge is -2.40. The summed E-state index contributed by atoms with van der Waals surface area (Å²) in [7, 11) is -5.08. The van der Waals surface area contributed by atoms with Gasteiger partial charge < -0.3 is 9.64 Å². The number of amides is 1. The van der Waals surface area contributed by atoms with Gasteiger partial charge in [-0.25, -0.2) is 4.79 Å². The number of hydrogen-bond acceptors (Lipinski definition) is 5. The zero-order valence-corrected chi connectivity index (χ0v) is 17.9. The van der Waals surface area contributed by atoms with Gasteiger partial charge in [-0.15, -0.1) is 0 Å². The molecule has 1 N–H and O–H groups in total. The monoisotopic (exact) mass is 575 g/mol. The van der Waals surface area contributed by atoms with Gasteiger partial charge in [0.15, 0.2) is 0 Å². The predicted molar refractivity (Wildman–Crippen MR) is 88.0 cm³/mol.